The quantitative estimate of drug-likeness (QED) is 0.845. The maximum atomic E-state index is 12.1. The smallest absolute Gasteiger partial charge is 0.255 e. The molecular formula is C17H18ClNO3. The number of rotatable bonds is 5. The number of carbonyl (C=O) groups excluding carboxylic acids is 1. The van der Waals surface area contributed by atoms with Gasteiger partial charge in [0.25, 0.3) is 5.91 Å². The van der Waals surface area contributed by atoms with Crippen LogP contribution in [0.4, 0.5) is 0 Å². The lowest BCUT2D eigenvalue weighted by atomic mass is 10.2. The highest BCUT2D eigenvalue weighted by Gasteiger charge is 2.16. The predicted octanol–water partition coefficient (Wildman–Crippen LogP) is 4.09. The van der Waals surface area contributed by atoms with Crippen LogP contribution in [-0.4, -0.2) is 16.1 Å². The highest BCUT2D eigenvalue weighted by Crippen LogP contribution is 2.23. The summed E-state index contributed by atoms with van der Waals surface area (Å²) in [6, 6.07) is 11.9. The second-order valence-corrected chi connectivity index (χ2v) is 5.39. The van der Waals surface area contributed by atoms with Gasteiger partial charge in [0.1, 0.15) is 5.75 Å². The van der Waals surface area contributed by atoms with E-state index in [4.69, 9.17) is 16.4 Å². The summed E-state index contributed by atoms with van der Waals surface area (Å²) in [6.07, 6.45) is 0.338. The topological polar surface area (TPSA) is 49.8 Å². The Morgan fingerprint density at radius 2 is 1.91 bits per heavy atom. The fraction of sp³-hybridized carbons (Fsp3) is 0.235. The molecule has 116 valence electrons. The second kappa shape index (κ2) is 7.18. The van der Waals surface area contributed by atoms with Crippen LogP contribution in [0.5, 0.6) is 11.5 Å². The van der Waals surface area contributed by atoms with Crippen LogP contribution in [-0.2, 0) is 11.3 Å². The van der Waals surface area contributed by atoms with Gasteiger partial charge in [0.05, 0.1) is 6.54 Å². The molecule has 0 saturated heterocycles. The molecule has 22 heavy (non-hydrogen) atoms. The van der Waals surface area contributed by atoms with E-state index in [0.29, 0.717) is 23.7 Å². The summed E-state index contributed by atoms with van der Waals surface area (Å²) in [7, 11) is 0. The van der Waals surface area contributed by atoms with Crippen LogP contribution in [0, 0.1) is 6.92 Å². The molecule has 0 radical (unpaired) electrons. The van der Waals surface area contributed by atoms with E-state index in [1.54, 1.807) is 49.4 Å². The van der Waals surface area contributed by atoms with Crippen molar-refractivity contribution in [2.45, 2.75) is 26.8 Å². The number of phenolic OH excluding ortho intramolecular Hbond substituents is 1. The zero-order valence-electron chi connectivity index (χ0n) is 12.5. The molecule has 4 nitrogen and oxygen atoms in total. The third-order valence-electron chi connectivity index (χ3n) is 3.19. The van der Waals surface area contributed by atoms with Crippen molar-refractivity contribution in [3.05, 3.63) is 58.6 Å². The maximum absolute atomic E-state index is 12.1. The molecule has 1 N–H and O–H groups in total. The van der Waals surface area contributed by atoms with E-state index in [-0.39, 0.29) is 11.7 Å². The number of halogens is 1. The number of aryl methyl sites for hydroxylation is 1. The zero-order valence-corrected chi connectivity index (χ0v) is 13.3. The second-order valence-electron chi connectivity index (χ2n) is 4.95. The molecule has 1 amide bonds. The molecule has 0 saturated carbocycles. The fourth-order valence-corrected chi connectivity index (χ4v) is 2.18. The third-order valence-corrected chi connectivity index (χ3v) is 3.42. The third kappa shape index (κ3) is 4.15. The molecule has 0 spiro atoms. The van der Waals surface area contributed by atoms with E-state index in [9.17, 15) is 9.90 Å². The first kappa shape index (κ1) is 16.2. The van der Waals surface area contributed by atoms with Crippen molar-refractivity contribution < 1.29 is 14.7 Å². The molecule has 0 bridgehead atoms. The van der Waals surface area contributed by atoms with Gasteiger partial charge in [-0.3, -0.25) is 4.79 Å². The molecule has 0 aliphatic carbocycles. The molecule has 2 aromatic rings. The van der Waals surface area contributed by atoms with E-state index in [2.05, 4.69) is 0 Å². The first-order valence-electron chi connectivity index (χ1n) is 7.02. The summed E-state index contributed by atoms with van der Waals surface area (Å²) < 4.78 is 0. The van der Waals surface area contributed by atoms with Crippen LogP contribution < -0.4 is 4.84 Å². The number of nitrogens with zero attached hydrogens (tertiary/aromatic N) is 1. The molecule has 0 unspecified atom stereocenters. The van der Waals surface area contributed by atoms with Crippen LogP contribution in [0.3, 0.4) is 0 Å². The van der Waals surface area contributed by atoms with Crippen LogP contribution >= 0.6 is 11.6 Å². The van der Waals surface area contributed by atoms with Crippen molar-refractivity contribution >= 4 is 17.5 Å². The molecule has 0 heterocycles. The lowest BCUT2D eigenvalue weighted by Crippen LogP contribution is -2.33. The SMILES string of the molecule is CCC(=O)N(Cc1ccc(O)cc1)Oc1ccc(Cl)cc1C. The first-order valence-corrected chi connectivity index (χ1v) is 7.39. The lowest BCUT2D eigenvalue weighted by molar-refractivity contribution is -0.159. The lowest BCUT2D eigenvalue weighted by Gasteiger charge is -2.23. The van der Waals surface area contributed by atoms with Gasteiger partial charge >= 0.3 is 0 Å². The van der Waals surface area contributed by atoms with E-state index < -0.39 is 0 Å². The highest BCUT2D eigenvalue weighted by molar-refractivity contribution is 6.30. The molecule has 0 aliphatic heterocycles. The Bertz CT molecular complexity index is 655. The standard InChI is InChI=1S/C17H18ClNO3/c1-3-17(21)19(11-13-4-7-15(20)8-5-13)22-16-9-6-14(18)10-12(16)2/h4-10,20H,3,11H2,1-2H3. The molecule has 0 fully saturated rings. The minimum atomic E-state index is -0.123. The Morgan fingerprint density at radius 3 is 2.50 bits per heavy atom. The van der Waals surface area contributed by atoms with E-state index in [0.717, 1.165) is 11.1 Å². The molecule has 2 aromatic carbocycles. The Labute approximate surface area is 134 Å². The van der Waals surface area contributed by atoms with E-state index >= 15 is 0 Å². The van der Waals surface area contributed by atoms with Crippen LogP contribution in [0.2, 0.25) is 5.02 Å². The number of phenols is 1. The van der Waals surface area contributed by atoms with Crippen LogP contribution in [0.1, 0.15) is 24.5 Å². The first-order chi connectivity index (χ1) is 10.5. The van der Waals surface area contributed by atoms with Gasteiger partial charge in [-0.05, 0) is 48.4 Å². The highest BCUT2D eigenvalue weighted by atomic mass is 35.5. The number of hydrogen-bond acceptors (Lipinski definition) is 3. The summed E-state index contributed by atoms with van der Waals surface area (Å²) >= 11 is 5.93. The average Bonchev–Trinajstić information content (AvgIpc) is 2.50. The van der Waals surface area contributed by atoms with Gasteiger partial charge in [0.15, 0.2) is 5.75 Å². The van der Waals surface area contributed by atoms with Crippen molar-refractivity contribution in [1.29, 1.82) is 0 Å². The van der Waals surface area contributed by atoms with Crippen molar-refractivity contribution in [3.63, 3.8) is 0 Å². The van der Waals surface area contributed by atoms with Gasteiger partial charge in [-0.25, -0.2) is 0 Å². The molecule has 5 heteroatoms. The summed E-state index contributed by atoms with van der Waals surface area (Å²) in [6.45, 7) is 3.95. The molecular weight excluding hydrogens is 302 g/mol. The number of carbonyl (C=O) groups is 1. The Morgan fingerprint density at radius 1 is 1.23 bits per heavy atom. The van der Waals surface area contributed by atoms with E-state index in [1.807, 2.05) is 6.92 Å². The summed E-state index contributed by atoms with van der Waals surface area (Å²) in [5, 5.41) is 11.3. The number of aromatic hydroxyl groups is 1. The van der Waals surface area contributed by atoms with Crippen molar-refractivity contribution in [2.75, 3.05) is 0 Å². The Balaban J connectivity index is 2.19. The summed E-state index contributed by atoms with van der Waals surface area (Å²) in [5.41, 5.74) is 1.72. The number of amides is 1. The molecule has 0 aliphatic rings. The molecule has 2 rings (SSSR count). The van der Waals surface area contributed by atoms with Gasteiger partial charge in [-0.1, -0.05) is 30.7 Å². The zero-order chi connectivity index (χ0) is 16.1. The number of hydroxylamine groups is 2. The normalized spacial score (nSPS) is 10.3. The average molecular weight is 320 g/mol. The van der Waals surface area contributed by atoms with Crippen LogP contribution in [0.25, 0.3) is 0 Å². The fourth-order valence-electron chi connectivity index (χ4n) is 1.95. The van der Waals surface area contributed by atoms with Crippen molar-refractivity contribution in [1.82, 2.24) is 5.06 Å². The van der Waals surface area contributed by atoms with Gasteiger partial charge in [0.2, 0.25) is 0 Å². The number of hydrogen-bond donors (Lipinski definition) is 1. The summed E-state index contributed by atoms with van der Waals surface area (Å²) in [5.74, 6) is 0.652. The van der Waals surface area contributed by atoms with Gasteiger partial charge in [-0.15, -0.1) is 0 Å². The predicted molar refractivity (Wildman–Crippen MR) is 85.8 cm³/mol. The van der Waals surface area contributed by atoms with Crippen molar-refractivity contribution in [3.8, 4) is 11.5 Å². The monoisotopic (exact) mass is 319 g/mol. The largest absolute Gasteiger partial charge is 0.508 e. The van der Waals surface area contributed by atoms with Crippen LogP contribution in [0.15, 0.2) is 42.5 Å². The van der Waals surface area contributed by atoms with Crippen molar-refractivity contribution in [2.24, 2.45) is 0 Å². The summed E-state index contributed by atoms with van der Waals surface area (Å²) in [4.78, 5) is 17.8. The van der Waals surface area contributed by atoms with E-state index in [1.165, 1.54) is 5.06 Å². The van der Waals surface area contributed by atoms with Gasteiger partial charge in [0, 0.05) is 11.4 Å². The number of benzene rings is 2. The molecule has 0 atom stereocenters. The van der Waals surface area contributed by atoms with Gasteiger partial charge < -0.3 is 9.94 Å². The maximum Gasteiger partial charge on any atom is 0.255 e. The minimum Gasteiger partial charge on any atom is -0.508 e. The Kier molecular flexibility index (Phi) is 5.28. The van der Waals surface area contributed by atoms with Gasteiger partial charge in [-0.2, -0.15) is 5.06 Å². The molecule has 0 aromatic heterocycles. The Hall–Kier alpha value is -2.20. The minimum absolute atomic E-state index is 0.123.